The second kappa shape index (κ2) is 23.5. The van der Waals surface area contributed by atoms with Gasteiger partial charge >= 0.3 is 0 Å². The highest BCUT2D eigenvalue weighted by molar-refractivity contribution is 5.86. The topological polar surface area (TPSA) is 153 Å². The first-order chi connectivity index (χ1) is 31.8. The number of benzene rings is 5. The third-order valence-electron chi connectivity index (χ3n) is 12.4. The summed E-state index contributed by atoms with van der Waals surface area (Å²) in [6, 6.07) is 47.9. The summed E-state index contributed by atoms with van der Waals surface area (Å²) in [4.78, 5) is 54.3. The van der Waals surface area contributed by atoms with Crippen molar-refractivity contribution in [1.82, 2.24) is 40.9 Å². The minimum Gasteiger partial charge on any atom is -0.332 e. The molecule has 0 aromatic heterocycles. The Bertz CT molecular complexity index is 2360. The van der Waals surface area contributed by atoms with Crippen molar-refractivity contribution in [2.75, 3.05) is 54.9 Å². The maximum Gasteiger partial charge on any atom is 0.241 e. The van der Waals surface area contributed by atoms with Crippen LogP contribution in [0.25, 0.3) is 0 Å². The van der Waals surface area contributed by atoms with Crippen LogP contribution in [0.2, 0.25) is 0 Å². The van der Waals surface area contributed by atoms with Crippen LogP contribution < -0.4 is 21.3 Å². The summed E-state index contributed by atoms with van der Waals surface area (Å²) in [6.07, 6.45) is 1.46. The van der Waals surface area contributed by atoms with E-state index in [1.54, 1.807) is 38.8 Å². The van der Waals surface area contributed by atoms with Crippen LogP contribution in [0.15, 0.2) is 140 Å². The van der Waals surface area contributed by atoms with Crippen molar-refractivity contribution in [1.29, 1.82) is 5.26 Å². The Morgan fingerprint density at radius 3 is 1.23 bits per heavy atom. The van der Waals surface area contributed by atoms with Gasteiger partial charge in [-0.1, -0.05) is 140 Å². The molecule has 5 aromatic carbocycles. The zero-order chi connectivity index (χ0) is 47.2. The lowest BCUT2D eigenvalue weighted by atomic mass is 9.85. The molecule has 4 saturated heterocycles. The number of amides is 4. The number of carbonyl (C=O) groups is 4. The average Bonchev–Trinajstić information content (AvgIpc) is 4.07. The van der Waals surface area contributed by atoms with E-state index in [9.17, 15) is 19.2 Å². The summed E-state index contributed by atoms with van der Waals surface area (Å²) in [5.74, 6) is 0.937. The molecule has 344 valence electrons. The van der Waals surface area contributed by atoms with Gasteiger partial charge in [0.2, 0.25) is 23.6 Å². The van der Waals surface area contributed by atoms with Crippen LogP contribution in [0.4, 0.5) is 0 Å². The third kappa shape index (κ3) is 12.8. The molecule has 9 rings (SSSR count). The standard InChI is InChI=1S/C17H18N2O.C12H13N3O.2C12H16N2O/c1-19-12-18-16(17(19)20)15(13-8-4-2-5-9-13)14-10-6-3-7-11-14;1-15-8-14-11(12(15)16)6-9-2-4-10(7-13)5-3-9;1-9-3-5-10(6-4-9)7-11-12(15)14(2)8-13-11;1-9(10-6-4-3-5-7-10)11-12(15)14(2)8-13-11/h2-11,15-16,18H,12H2,1H3;2-5,11,14H,6,8H2,1H3;3-6,11,13H,7-8H2,1-2H3;3-7,9,11,13H,8H2,1-2H3/t16-;2*11-;9-,11+/m0001/s1. The summed E-state index contributed by atoms with van der Waals surface area (Å²) in [5.41, 5.74) is 7.72. The summed E-state index contributed by atoms with van der Waals surface area (Å²) in [6.45, 7) is 6.69. The number of nitriles is 1. The van der Waals surface area contributed by atoms with E-state index in [-0.39, 0.29) is 59.6 Å². The van der Waals surface area contributed by atoms with Gasteiger partial charge in [-0.25, -0.2) is 0 Å². The Morgan fingerprint density at radius 1 is 0.500 bits per heavy atom. The van der Waals surface area contributed by atoms with Crippen LogP contribution in [0.3, 0.4) is 0 Å². The van der Waals surface area contributed by atoms with Crippen molar-refractivity contribution in [2.45, 2.75) is 62.7 Å². The van der Waals surface area contributed by atoms with Crippen LogP contribution in [-0.4, -0.2) is 122 Å². The molecule has 13 heteroatoms. The molecule has 66 heavy (non-hydrogen) atoms. The summed E-state index contributed by atoms with van der Waals surface area (Å²) in [7, 11) is 7.27. The molecule has 4 aliphatic rings. The van der Waals surface area contributed by atoms with Crippen molar-refractivity contribution in [3.8, 4) is 6.07 Å². The van der Waals surface area contributed by atoms with Crippen molar-refractivity contribution < 1.29 is 19.2 Å². The highest BCUT2D eigenvalue weighted by atomic mass is 16.2. The van der Waals surface area contributed by atoms with Crippen molar-refractivity contribution in [3.63, 3.8) is 0 Å². The van der Waals surface area contributed by atoms with E-state index in [0.717, 1.165) is 12.0 Å². The minimum atomic E-state index is -0.190. The van der Waals surface area contributed by atoms with Crippen molar-refractivity contribution in [2.24, 2.45) is 0 Å². The fourth-order valence-electron chi connectivity index (χ4n) is 8.36. The molecule has 4 N–H and O–H groups in total. The molecule has 4 fully saturated rings. The Balaban J connectivity index is 0.000000147. The maximum atomic E-state index is 12.4. The molecule has 0 spiro atoms. The van der Waals surface area contributed by atoms with E-state index in [0.29, 0.717) is 38.7 Å². The maximum absolute atomic E-state index is 12.4. The molecular formula is C53H63N9O4. The van der Waals surface area contributed by atoms with Gasteiger partial charge < -0.3 is 19.6 Å². The van der Waals surface area contributed by atoms with E-state index in [4.69, 9.17) is 5.26 Å². The van der Waals surface area contributed by atoms with Gasteiger partial charge in [0.15, 0.2) is 0 Å². The Labute approximate surface area is 389 Å². The Morgan fingerprint density at radius 2 is 0.864 bits per heavy atom. The number of hydrogen-bond donors (Lipinski definition) is 4. The van der Waals surface area contributed by atoms with Crippen molar-refractivity contribution >= 4 is 23.6 Å². The number of aryl methyl sites for hydroxylation is 1. The molecule has 5 atom stereocenters. The van der Waals surface area contributed by atoms with Gasteiger partial charge in [0, 0.05) is 40.0 Å². The number of nitrogens with one attached hydrogen (secondary N) is 4. The fourth-order valence-corrected chi connectivity index (χ4v) is 8.36. The Kier molecular flexibility index (Phi) is 17.3. The molecule has 0 bridgehead atoms. The van der Waals surface area contributed by atoms with Gasteiger partial charge in [0.25, 0.3) is 0 Å². The monoisotopic (exact) mass is 890 g/mol. The number of carbonyl (C=O) groups excluding carboxylic acids is 4. The van der Waals surface area contributed by atoms with Gasteiger partial charge in [-0.05, 0) is 59.7 Å². The van der Waals surface area contributed by atoms with Gasteiger partial charge in [-0.3, -0.25) is 40.4 Å². The van der Waals surface area contributed by atoms with Gasteiger partial charge in [0.05, 0.1) is 62.5 Å². The third-order valence-corrected chi connectivity index (χ3v) is 12.4. The van der Waals surface area contributed by atoms with Crippen LogP contribution in [0, 0.1) is 18.3 Å². The smallest absolute Gasteiger partial charge is 0.241 e. The second-order valence-corrected chi connectivity index (χ2v) is 17.4. The van der Waals surface area contributed by atoms with E-state index in [1.165, 1.54) is 27.8 Å². The van der Waals surface area contributed by atoms with E-state index < -0.39 is 0 Å². The number of hydrogen-bond acceptors (Lipinski definition) is 9. The molecule has 13 nitrogen and oxygen atoms in total. The molecular weight excluding hydrogens is 827 g/mol. The van der Waals surface area contributed by atoms with Crippen LogP contribution in [-0.2, 0) is 32.0 Å². The van der Waals surface area contributed by atoms with Crippen LogP contribution in [0.1, 0.15) is 57.7 Å². The van der Waals surface area contributed by atoms with Gasteiger partial charge in [-0.15, -0.1) is 0 Å². The molecule has 0 radical (unpaired) electrons. The number of rotatable bonds is 9. The zero-order valence-electron chi connectivity index (χ0n) is 38.9. The molecule has 0 aliphatic carbocycles. The van der Waals surface area contributed by atoms with E-state index >= 15 is 0 Å². The molecule has 5 aromatic rings. The lowest BCUT2D eigenvalue weighted by molar-refractivity contribution is -0.128. The highest BCUT2D eigenvalue weighted by Gasteiger charge is 2.37. The van der Waals surface area contributed by atoms with Crippen LogP contribution in [0.5, 0.6) is 0 Å². The quantitative estimate of drug-likeness (QED) is 0.164. The molecule has 4 heterocycles. The number of likely N-dealkylation sites (N-methyl/N-ethyl adjacent to an activating group) is 4. The minimum absolute atomic E-state index is 0.0438. The number of nitrogens with zero attached hydrogens (tertiary/aromatic N) is 5. The zero-order valence-corrected chi connectivity index (χ0v) is 38.9. The SMILES string of the molecule is CN1CN[C@@H](C(c2ccccc2)c2ccccc2)C1=O.CN1CN[C@@H](Cc2ccc(C#N)cc2)C1=O.C[C@H](c1ccccc1)[C@@H]1NCN(C)C1=O.Cc1ccc(C[C@@H]2NCN(C)C2=O)cc1. The van der Waals surface area contributed by atoms with Crippen molar-refractivity contribution in [3.05, 3.63) is 178 Å². The summed E-state index contributed by atoms with van der Waals surface area (Å²) >= 11 is 0. The highest BCUT2D eigenvalue weighted by Crippen LogP contribution is 2.30. The predicted octanol–water partition coefficient (Wildman–Crippen LogP) is 4.80. The normalized spacial score (nSPS) is 20.6. The Hall–Kier alpha value is -6.69. The van der Waals surface area contributed by atoms with Gasteiger partial charge in [0.1, 0.15) is 0 Å². The second-order valence-electron chi connectivity index (χ2n) is 17.4. The molecule has 0 saturated carbocycles. The summed E-state index contributed by atoms with van der Waals surface area (Å²) in [5, 5.41) is 21.6. The summed E-state index contributed by atoms with van der Waals surface area (Å²) < 4.78 is 0. The predicted molar refractivity (Wildman–Crippen MR) is 258 cm³/mol. The first kappa shape index (κ1) is 48.8. The lowest BCUT2D eigenvalue weighted by Gasteiger charge is -2.23. The van der Waals surface area contributed by atoms with Crippen LogP contribution >= 0.6 is 0 Å². The van der Waals surface area contributed by atoms with Gasteiger partial charge in [-0.2, -0.15) is 5.26 Å². The largest absolute Gasteiger partial charge is 0.332 e. The average molecular weight is 890 g/mol. The van der Waals surface area contributed by atoms with E-state index in [2.05, 4.69) is 102 Å². The lowest BCUT2D eigenvalue weighted by Crippen LogP contribution is -2.35. The molecule has 4 aliphatic heterocycles. The fraction of sp³-hybridized carbons (Fsp3) is 0.340. The molecule has 4 amide bonds. The first-order valence-corrected chi connectivity index (χ1v) is 22.5. The van der Waals surface area contributed by atoms with E-state index in [1.807, 2.05) is 87.9 Å². The molecule has 0 unspecified atom stereocenters. The first-order valence-electron chi connectivity index (χ1n) is 22.5.